The van der Waals surface area contributed by atoms with Gasteiger partial charge in [-0.05, 0) is 11.6 Å². The number of hydrogen-bond donors (Lipinski definition) is 0. The number of carbonyl (C=O) groups is 2. The van der Waals surface area contributed by atoms with Crippen molar-refractivity contribution < 1.29 is 14.3 Å². The summed E-state index contributed by atoms with van der Waals surface area (Å²) in [5.41, 5.74) is 1.54. The number of rotatable bonds is 1. The Morgan fingerprint density at radius 1 is 1.13 bits per heavy atom. The van der Waals surface area contributed by atoms with Gasteiger partial charge in [0.25, 0.3) is 0 Å². The van der Waals surface area contributed by atoms with Crippen molar-refractivity contribution in [2.45, 2.75) is 6.92 Å². The van der Waals surface area contributed by atoms with Crippen LogP contribution in [0.25, 0.3) is 0 Å². The topological polar surface area (TPSA) is 49.5 Å². The third-order valence-corrected chi connectivity index (χ3v) is 2.12. The SMILES string of the molecule is Cc1ccccc1[N+]1=NC(=O)C=CC1=O. The van der Waals surface area contributed by atoms with Gasteiger partial charge >= 0.3 is 11.8 Å². The van der Waals surface area contributed by atoms with E-state index >= 15 is 0 Å². The molecule has 0 N–H and O–H groups in total. The second-order valence-electron chi connectivity index (χ2n) is 3.21. The molecule has 1 aromatic rings. The lowest BCUT2D eigenvalue weighted by Gasteiger charge is -1.99. The average molecular weight is 201 g/mol. The third kappa shape index (κ3) is 1.74. The zero-order valence-corrected chi connectivity index (χ0v) is 8.18. The van der Waals surface area contributed by atoms with Crippen molar-refractivity contribution in [3.63, 3.8) is 0 Å². The number of nitrogens with zero attached hydrogens (tertiary/aromatic N) is 2. The molecule has 0 saturated heterocycles. The molecule has 2 amide bonds. The quantitative estimate of drug-likeness (QED) is 0.649. The molecule has 1 aliphatic rings. The molecule has 1 aliphatic heterocycles. The number of para-hydroxylation sites is 1. The molecular weight excluding hydrogens is 192 g/mol. The van der Waals surface area contributed by atoms with E-state index in [4.69, 9.17) is 0 Å². The molecule has 0 aromatic heterocycles. The van der Waals surface area contributed by atoms with Crippen molar-refractivity contribution in [1.82, 2.24) is 0 Å². The Bertz CT molecular complexity index is 501. The van der Waals surface area contributed by atoms with Gasteiger partial charge in [0.2, 0.25) is 5.69 Å². The van der Waals surface area contributed by atoms with Crippen LogP contribution in [0, 0.1) is 6.92 Å². The third-order valence-electron chi connectivity index (χ3n) is 2.12. The van der Waals surface area contributed by atoms with Gasteiger partial charge in [0.15, 0.2) is 0 Å². The van der Waals surface area contributed by atoms with E-state index < -0.39 is 5.91 Å². The monoisotopic (exact) mass is 201 g/mol. The number of benzene rings is 1. The summed E-state index contributed by atoms with van der Waals surface area (Å²) in [5.74, 6) is -0.721. The molecular formula is C11H9N2O2+. The van der Waals surface area contributed by atoms with Crippen LogP contribution < -0.4 is 0 Å². The van der Waals surface area contributed by atoms with E-state index in [2.05, 4.69) is 5.11 Å². The molecule has 4 nitrogen and oxygen atoms in total. The van der Waals surface area contributed by atoms with Crippen LogP contribution in [0.5, 0.6) is 0 Å². The predicted octanol–water partition coefficient (Wildman–Crippen LogP) is 1.71. The summed E-state index contributed by atoms with van der Waals surface area (Å²) in [5, 5.41) is 3.65. The first kappa shape index (κ1) is 9.45. The van der Waals surface area contributed by atoms with Crippen LogP contribution in [-0.4, -0.2) is 16.5 Å². The molecule has 0 fully saturated rings. The van der Waals surface area contributed by atoms with Crippen LogP contribution in [0.2, 0.25) is 0 Å². The lowest BCUT2D eigenvalue weighted by Crippen LogP contribution is -2.18. The average Bonchev–Trinajstić information content (AvgIpc) is 2.23. The second kappa shape index (κ2) is 3.57. The summed E-state index contributed by atoms with van der Waals surface area (Å²) < 4.78 is 1.12. The molecule has 15 heavy (non-hydrogen) atoms. The largest absolute Gasteiger partial charge is 0.443 e. The zero-order chi connectivity index (χ0) is 10.8. The van der Waals surface area contributed by atoms with Crippen LogP contribution in [0.15, 0.2) is 41.5 Å². The second-order valence-corrected chi connectivity index (χ2v) is 3.21. The Morgan fingerprint density at radius 3 is 2.60 bits per heavy atom. The molecule has 1 aromatic carbocycles. The lowest BCUT2D eigenvalue weighted by atomic mass is 10.2. The van der Waals surface area contributed by atoms with Gasteiger partial charge in [-0.1, -0.05) is 18.2 Å². The van der Waals surface area contributed by atoms with Crippen LogP contribution in [0.3, 0.4) is 0 Å². The van der Waals surface area contributed by atoms with Gasteiger partial charge in [0.1, 0.15) is 0 Å². The molecule has 0 saturated carbocycles. The molecule has 0 spiro atoms. The van der Waals surface area contributed by atoms with Crippen molar-refractivity contribution in [2.75, 3.05) is 0 Å². The molecule has 0 bridgehead atoms. The van der Waals surface area contributed by atoms with Crippen LogP contribution in [0.4, 0.5) is 5.69 Å². The number of carbonyl (C=O) groups excluding carboxylic acids is 2. The van der Waals surface area contributed by atoms with Gasteiger partial charge in [-0.2, -0.15) is 0 Å². The van der Waals surface area contributed by atoms with Gasteiger partial charge in [0.05, 0.1) is 11.2 Å². The molecule has 4 heteroatoms. The van der Waals surface area contributed by atoms with E-state index in [9.17, 15) is 9.59 Å². The lowest BCUT2D eigenvalue weighted by molar-refractivity contribution is -0.426. The highest BCUT2D eigenvalue weighted by atomic mass is 16.2. The Kier molecular flexibility index (Phi) is 2.25. The van der Waals surface area contributed by atoms with Crippen LogP contribution in [0.1, 0.15) is 5.56 Å². The van der Waals surface area contributed by atoms with Gasteiger partial charge < -0.3 is 0 Å². The fourth-order valence-electron chi connectivity index (χ4n) is 1.37. The van der Waals surface area contributed by atoms with Crippen molar-refractivity contribution in [3.05, 3.63) is 42.0 Å². The molecule has 0 aliphatic carbocycles. The maximum Gasteiger partial charge on any atom is 0.443 e. The van der Waals surface area contributed by atoms with E-state index in [-0.39, 0.29) is 5.91 Å². The molecule has 0 atom stereocenters. The van der Waals surface area contributed by atoms with E-state index in [0.717, 1.165) is 16.3 Å². The van der Waals surface area contributed by atoms with Gasteiger partial charge in [0, 0.05) is 17.7 Å². The minimum atomic E-state index is -0.419. The first-order valence-electron chi connectivity index (χ1n) is 4.52. The Balaban J connectivity index is 2.52. The molecule has 2 rings (SSSR count). The number of aryl methyl sites for hydroxylation is 1. The van der Waals surface area contributed by atoms with Crippen molar-refractivity contribution in [2.24, 2.45) is 5.11 Å². The smallest absolute Gasteiger partial charge is 0.261 e. The molecule has 74 valence electrons. The van der Waals surface area contributed by atoms with Gasteiger partial charge in [-0.3, -0.25) is 4.79 Å². The molecule has 0 radical (unpaired) electrons. The summed E-state index contributed by atoms with van der Waals surface area (Å²) >= 11 is 0. The Morgan fingerprint density at radius 2 is 1.87 bits per heavy atom. The first-order valence-corrected chi connectivity index (χ1v) is 4.52. The highest BCUT2D eigenvalue weighted by molar-refractivity contribution is 5.97. The van der Waals surface area contributed by atoms with Crippen LogP contribution in [-0.2, 0) is 9.59 Å². The van der Waals surface area contributed by atoms with Gasteiger partial charge in [-0.15, -0.1) is 0 Å². The van der Waals surface area contributed by atoms with E-state index in [0.29, 0.717) is 5.69 Å². The maximum atomic E-state index is 11.5. The highest BCUT2D eigenvalue weighted by Crippen LogP contribution is 2.19. The number of hydrogen-bond acceptors (Lipinski definition) is 2. The predicted molar refractivity (Wildman–Crippen MR) is 52.7 cm³/mol. The first-order chi connectivity index (χ1) is 7.18. The van der Waals surface area contributed by atoms with Crippen molar-refractivity contribution in [3.8, 4) is 0 Å². The minimum Gasteiger partial charge on any atom is -0.261 e. The minimum absolute atomic E-state index is 0.302. The van der Waals surface area contributed by atoms with E-state index in [1.54, 1.807) is 12.1 Å². The summed E-state index contributed by atoms with van der Waals surface area (Å²) in [6, 6.07) is 7.28. The van der Waals surface area contributed by atoms with Gasteiger partial charge in [-0.25, -0.2) is 4.79 Å². The van der Waals surface area contributed by atoms with Crippen LogP contribution >= 0.6 is 0 Å². The summed E-state index contributed by atoms with van der Waals surface area (Å²) in [7, 11) is 0. The molecule has 0 unspecified atom stereocenters. The standard InChI is InChI=1S/C11H9N2O2/c1-8-4-2-3-5-9(8)13-11(15)7-6-10(14)12-13/h2-7H,1H3/q+1. The molecule has 1 heterocycles. The Hall–Kier alpha value is -2.10. The summed E-state index contributed by atoms with van der Waals surface area (Å²) in [6.45, 7) is 1.86. The fourth-order valence-corrected chi connectivity index (χ4v) is 1.37. The van der Waals surface area contributed by atoms with E-state index in [1.165, 1.54) is 6.08 Å². The summed E-state index contributed by atoms with van der Waals surface area (Å²) in [6.07, 6.45) is 2.39. The van der Waals surface area contributed by atoms with Crippen molar-refractivity contribution >= 4 is 17.5 Å². The zero-order valence-electron chi connectivity index (χ0n) is 8.18. The summed E-state index contributed by atoms with van der Waals surface area (Å²) in [4.78, 5) is 22.5. The Labute approximate surface area is 86.5 Å². The fraction of sp³-hybridized carbons (Fsp3) is 0.0909. The number of azo groups is 2. The van der Waals surface area contributed by atoms with Crippen molar-refractivity contribution in [1.29, 1.82) is 0 Å². The van der Waals surface area contributed by atoms with E-state index in [1.807, 2.05) is 19.1 Å². The normalized spacial score (nSPS) is 15.4. The maximum absolute atomic E-state index is 11.5. The highest BCUT2D eigenvalue weighted by Gasteiger charge is 2.27. The number of amides is 2.